The Morgan fingerprint density at radius 2 is 1.93 bits per heavy atom. The van der Waals surface area contributed by atoms with Gasteiger partial charge in [0, 0.05) is 12.2 Å². The summed E-state index contributed by atoms with van der Waals surface area (Å²) in [6, 6.07) is 7.09. The largest absolute Gasteiger partial charge is 0.405 e. The third-order valence-electron chi connectivity index (χ3n) is 2.12. The summed E-state index contributed by atoms with van der Waals surface area (Å²) in [4.78, 5) is 1.31. The van der Waals surface area contributed by atoms with Gasteiger partial charge in [-0.15, -0.1) is 0 Å². The molecular weight excluding hydrogens is 203 g/mol. The van der Waals surface area contributed by atoms with Crippen LogP contribution in [0.5, 0.6) is 0 Å². The molecule has 84 valence electrons. The Kier molecular flexibility index (Phi) is 3.61. The van der Waals surface area contributed by atoms with Crippen molar-refractivity contribution < 1.29 is 13.2 Å². The van der Waals surface area contributed by atoms with Crippen LogP contribution in [0.25, 0.3) is 0 Å². The highest BCUT2D eigenvalue weighted by Gasteiger charge is 2.30. The van der Waals surface area contributed by atoms with Crippen molar-refractivity contribution in [2.45, 2.75) is 20.0 Å². The lowest BCUT2D eigenvalue weighted by Gasteiger charge is -2.24. The Hall–Kier alpha value is -1.19. The molecule has 0 aliphatic heterocycles. The fourth-order valence-electron chi connectivity index (χ4n) is 1.43. The minimum atomic E-state index is -4.15. The molecule has 0 heterocycles. The summed E-state index contributed by atoms with van der Waals surface area (Å²) in [5, 5.41) is 0. The first-order valence-electron chi connectivity index (χ1n) is 4.81. The monoisotopic (exact) mass is 217 g/mol. The lowest BCUT2D eigenvalue weighted by molar-refractivity contribution is -0.119. The third kappa shape index (κ3) is 3.81. The number of halogens is 3. The normalized spacial score (nSPS) is 11.5. The number of rotatable bonds is 3. The summed E-state index contributed by atoms with van der Waals surface area (Å²) in [6.45, 7) is 3.04. The molecule has 0 amide bonds. The summed E-state index contributed by atoms with van der Waals surface area (Å²) in [7, 11) is 0. The Bertz CT molecular complexity index is 320. The molecule has 1 rings (SSSR count). The lowest BCUT2D eigenvalue weighted by Crippen LogP contribution is -2.34. The molecule has 0 aliphatic carbocycles. The molecular formula is C11H14F3N. The quantitative estimate of drug-likeness (QED) is 0.750. The standard InChI is InChI=1S/C11H14F3N/c1-3-15(8-11(12,13)14)10-6-4-5-9(2)7-10/h4-7H,3,8H2,1-2H3. The maximum atomic E-state index is 12.2. The van der Waals surface area contributed by atoms with Gasteiger partial charge in [0.05, 0.1) is 0 Å². The second-order valence-corrected chi connectivity index (χ2v) is 3.47. The maximum Gasteiger partial charge on any atom is 0.405 e. The predicted molar refractivity (Wildman–Crippen MR) is 55.1 cm³/mol. The second kappa shape index (κ2) is 4.55. The summed E-state index contributed by atoms with van der Waals surface area (Å²) in [5.74, 6) is 0. The zero-order valence-corrected chi connectivity index (χ0v) is 8.80. The molecule has 0 N–H and O–H groups in total. The molecule has 0 aromatic heterocycles. The van der Waals surface area contributed by atoms with Crippen molar-refractivity contribution in [1.29, 1.82) is 0 Å². The van der Waals surface area contributed by atoms with Crippen molar-refractivity contribution >= 4 is 5.69 Å². The predicted octanol–water partition coefficient (Wildman–Crippen LogP) is 3.38. The number of aryl methyl sites for hydroxylation is 1. The van der Waals surface area contributed by atoms with Crippen molar-refractivity contribution in [3.05, 3.63) is 29.8 Å². The van der Waals surface area contributed by atoms with Crippen LogP contribution >= 0.6 is 0 Å². The van der Waals surface area contributed by atoms with Gasteiger partial charge in [0.1, 0.15) is 6.54 Å². The molecule has 1 aromatic carbocycles. The van der Waals surface area contributed by atoms with E-state index in [2.05, 4.69) is 0 Å². The van der Waals surface area contributed by atoms with Crippen LogP contribution in [0.2, 0.25) is 0 Å². The van der Waals surface area contributed by atoms with Crippen LogP contribution in [-0.4, -0.2) is 19.3 Å². The first kappa shape index (κ1) is 11.9. The van der Waals surface area contributed by atoms with E-state index < -0.39 is 12.7 Å². The van der Waals surface area contributed by atoms with E-state index >= 15 is 0 Å². The van der Waals surface area contributed by atoms with Gasteiger partial charge in [0.2, 0.25) is 0 Å². The van der Waals surface area contributed by atoms with Crippen molar-refractivity contribution in [3.8, 4) is 0 Å². The smallest absolute Gasteiger partial charge is 0.363 e. The Labute approximate surface area is 87.5 Å². The van der Waals surface area contributed by atoms with Crippen LogP contribution in [0.3, 0.4) is 0 Å². The highest BCUT2D eigenvalue weighted by molar-refractivity contribution is 5.48. The molecule has 0 spiro atoms. The van der Waals surface area contributed by atoms with Crippen LogP contribution in [0.4, 0.5) is 18.9 Å². The van der Waals surface area contributed by atoms with E-state index in [0.29, 0.717) is 12.2 Å². The molecule has 1 nitrogen and oxygen atoms in total. The van der Waals surface area contributed by atoms with Crippen molar-refractivity contribution in [3.63, 3.8) is 0 Å². The van der Waals surface area contributed by atoms with Crippen LogP contribution in [0, 0.1) is 6.92 Å². The molecule has 0 fully saturated rings. The van der Waals surface area contributed by atoms with Gasteiger partial charge in [0.25, 0.3) is 0 Å². The Morgan fingerprint density at radius 1 is 1.27 bits per heavy atom. The highest BCUT2D eigenvalue weighted by Crippen LogP contribution is 2.22. The van der Waals surface area contributed by atoms with Crippen LogP contribution in [0.15, 0.2) is 24.3 Å². The van der Waals surface area contributed by atoms with E-state index in [-0.39, 0.29) is 0 Å². The molecule has 15 heavy (non-hydrogen) atoms. The van der Waals surface area contributed by atoms with Gasteiger partial charge in [-0.2, -0.15) is 13.2 Å². The molecule has 0 atom stereocenters. The van der Waals surface area contributed by atoms with E-state index in [0.717, 1.165) is 5.56 Å². The molecule has 0 bridgehead atoms. The molecule has 0 aliphatic rings. The van der Waals surface area contributed by atoms with Crippen LogP contribution in [0.1, 0.15) is 12.5 Å². The van der Waals surface area contributed by atoms with E-state index in [4.69, 9.17) is 0 Å². The number of hydrogen-bond acceptors (Lipinski definition) is 1. The molecule has 0 saturated heterocycles. The average molecular weight is 217 g/mol. The van der Waals surface area contributed by atoms with Crippen molar-refractivity contribution in [1.82, 2.24) is 0 Å². The summed E-state index contributed by atoms with van der Waals surface area (Å²) in [6.07, 6.45) is -4.15. The molecule has 0 saturated carbocycles. The minimum Gasteiger partial charge on any atom is -0.363 e. The van der Waals surface area contributed by atoms with Gasteiger partial charge >= 0.3 is 6.18 Å². The van der Waals surface area contributed by atoms with Gasteiger partial charge in [0.15, 0.2) is 0 Å². The van der Waals surface area contributed by atoms with Gasteiger partial charge in [-0.05, 0) is 31.5 Å². The molecule has 1 aromatic rings. The molecule has 0 unspecified atom stereocenters. The summed E-state index contributed by atoms with van der Waals surface area (Å²) < 4.78 is 36.7. The third-order valence-corrected chi connectivity index (χ3v) is 2.12. The minimum absolute atomic E-state index is 0.350. The Morgan fingerprint density at radius 3 is 2.40 bits per heavy atom. The zero-order chi connectivity index (χ0) is 11.5. The topological polar surface area (TPSA) is 3.24 Å². The number of hydrogen-bond donors (Lipinski definition) is 0. The van der Waals surface area contributed by atoms with E-state index in [9.17, 15) is 13.2 Å². The number of benzene rings is 1. The first-order chi connectivity index (χ1) is 6.92. The fraction of sp³-hybridized carbons (Fsp3) is 0.455. The highest BCUT2D eigenvalue weighted by atomic mass is 19.4. The van der Waals surface area contributed by atoms with Crippen molar-refractivity contribution in [2.75, 3.05) is 18.0 Å². The number of nitrogens with zero attached hydrogens (tertiary/aromatic N) is 1. The van der Waals surface area contributed by atoms with Gasteiger partial charge < -0.3 is 4.90 Å². The van der Waals surface area contributed by atoms with E-state index in [1.54, 1.807) is 25.1 Å². The SMILES string of the molecule is CCN(CC(F)(F)F)c1cccc(C)c1. The van der Waals surface area contributed by atoms with Gasteiger partial charge in [-0.25, -0.2) is 0 Å². The van der Waals surface area contributed by atoms with E-state index in [1.807, 2.05) is 13.0 Å². The van der Waals surface area contributed by atoms with Gasteiger partial charge in [-0.1, -0.05) is 12.1 Å². The summed E-state index contributed by atoms with van der Waals surface area (Å²) in [5.41, 5.74) is 1.59. The van der Waals surface area contributed by atoms with Gasteiger partial charge in [-0.3, -0.25) is 0 Å². The second-order valence-electron chi connectivity index (χ2n) is 3.47. The number of anilines is 1. The first-order valence-corrected chi connectivity index (χ1v) is 4.81. The van der Waals surface area contributed by atoms with Crippen molar-refractivity contribution in [2.24, 2.45) is 0 Å². The zero-order valence-electron chi connectivity index (χ0n) is 8.80. The Balaban J connectivity index is 2.83. The average Bonchev–Trinajstić information content (AvgIpc) is 2.13. The maximum absolute atomic E-state index is 12.2. The number of alkyl halides is 3. The van der Waals surface area contributed by atoms with E-state index in [1.165, 1.54) is 4.90 Å². The molecule has 0 radical (unpaired) electrons. The molecule has 4 heteroatoms. The van der Waals surface area contributed by atoms with Crippen LogP contribution in [-0.2, 0) is 0 Å². The summed E-state index contributed by atoms with van der Waals surface area (Å²) >= 11 is 0. The van der Waals surface area contributed by atoms with Crippen LogP contribution < -0.4 is 4.90 Å². The fourth-order valence-corrected chi connectivity index (χ4v) is 1.43. The lowest BCUT2D eigenvalue weighted by atomic mass is 10.2.